The normalized spacial score (nSPS) is 43.5. The lowest BCUT2D eigenvalue weighted by atomic mass is 9.46. The van der Waals surface area contributed by atoms with Crippen molar-refractivity contribution in [3.8, 4) is 0 Å². The van der Waals surface area contributed by atoms with Crippen LogP contribution >= 0.6 is 12.4 Å². The second kappa shape index (κ2) is 5.64. The number of hydrogen-bond acceptors (Lipinski definition) is 3. The molecule has 0 aliphatic heterocycles. The van der Waals surface area contributed by atoms with Crippen molar-refractivity contribution in [3.05, 3.63) is 0 Å². The third-order valence-corrected chi connectivity index (χ3v) is 6.50. The zero-order chi connectivity index (χ0) is 14.7. The van der Waals surface area contributed by atoms with Gasteiger partial charge in [-0.15, -0.1) is 12.4 Å². The number of amides is 1. The summed E-state index contributed by atoms with van der Waals surface area (Å²) < 4.78 is 0. The minimum absolute atomic E-state index is 0. The summed E-state index contributed by atoms with van der Waals surface area (Å²) in [5.41, 5.74) is -0.288. The summed E-state index contributed by atoms with van der Waals surface area (Å²) in [6, 6.07) is 0.759. The number of aliphatic hydroxyl groups is 1. The Balaban J connectivity index is 0.00000144. The molecule has 3 unspecified atom stereocenters. The molecule has 126 valence electrons. The van der Waals surface area contributed by atoms with Gasteiger partial charge in [-0.2, -0.15) is 0 Å². The van der Waals surface area contributed by atoms with Gasteiger partial charge in [0.05, 0.1) is 12.1 Å². The van der Waals surface area contributed by atoms with E-state index in [0.717, 1.165) is 19.3 Å². The van der Waals surface area contributed by atoms with E-state index in [1.165, 1.54) is 32.1 Å². The van der Waals surface area contributed by atoms with Gasteiger partial charge in [0.2, 0.25) is 5.91 Å². The predicted molar refractivity (Wildman–Crippen MR) is 87.9 cm³/mol. The molecule has 1 amide bonds. The Bertz CT molecular complexity index is 438. The average molecular weight is 329 g/mol. The predicted octanol–water partition coefficient (Wildman–Crippen LogP) is 2.00. The molecule has 5 heteroatoms. The highest BCUT2D eigenvalue weighted by molar-refractivity contribution is 5.85. The third kappa shape index (κ3) is 3.02. The first-order chi connectivity index (χ1) is 9.96. The van der Waals surface area contributed by atoms with Crippen LogP contribution in [0.4, 0.5) is 0 Å². The fourth-order valence-corrected chi connectivity index (χ4v) is 5.76. The second-order valence-corrected chi connectivity index (χ2v) is 8.49. The van der Waals surface area contributed by atoms with Crippen molar-refractivity contribution in [2.75, 3.05) is 6.54 Å². The molecule has 0 aromatic carbocycles. The molecule has 0 aromatic heterocycles. The van der Waals surface area contributed by atoms with Gasteiger partial charge < -0.3 is 15.7 Å². The molecule has 4 bridgehead atoms. The summed E-state index contributed by atoms with van der Waals surface area (Å²) in [5.74, 6) is 1.48. The van der Waals surface area contributed by atoms with E-state index in [9.17, 15) is 9.90 Å². The Kier molecular flexibility index (Phi) is 4.24. The van der Waals surface area contributed by atoms with Crippen LogP contribution in [0.25, 0.3) is 0 Å². The molecule has 22 heavy (non-hydrogen) atoms. The van der Waals surface area contributed by atoms with Crippen LogP contribution in [0.3, 0.4) is 0 Å². The van der Waals surface area contributed by atoms with Crippen molar-refractivity contribution in [2.45, 2.75) is 76.0 Å². The standard InChI is InChI=1S/C17H28N2O2.ClH/c1-11(19-15(20)9-18-14-2-3-14)16-5-12-4-13(6-16)8-17(21,7-12)10-16;/h11-14,18,21H,2-10H2,1H3,(H,19,20);1H. The van der Waals surface area contributed by atoms with Gasteiger partial charge in [0.1, 0.15) is 0 Å². The largest absolute Gasteiger partial charge is 0.390 e. The maximum absolute atomic E-state index is 12.1. The van der Waals surface area contributed by atoms with Crippen LogP contribution in [0.2, 0.25) is 0 Å². The monoisotopic (exact) mass is 328 g/mol. The van der Waals surface area contributed by atoms with Crippen LogP contribution < -0.4 is 10.6 Å². The lowest BCUT2D eigenvalue weighted by molar-refractivity contribution is -0.173. The average Bonchev–Trinajstić information content (AvgIpc) is 3.17. The van der Waals surface area contributed by atoms with Gasteiger partial charge in [-0.25, -0.2) is 0 Å². The number of nitrogens with one attached hydrogen (secondary N) is 2. The summed E-state index contributed by atoms with van der Waals surface area (Å²) in [6.45, 7) is 2.60. The highest BCUT2D eigenvalue weighted by Crippen LogP contribution is 2.62. The van der Waals surface area contributed by atoms with E-state index in [1.54, 1.807) is 0 Å². The van der Waals surface area contributed by atoms with Crippen LogP contribution in [-0.2, 0) is 4.79 Å². The van der Waals surface area contributed by atoms with E-state index >= 15 is 0 Å². The molecule has 5 saturated carbocycles. The Hall–Kier alpha value is -0.320. The highest BCUT2D eigenvalue weighted by Gasteiger charge is 2.58. The minimum Gasteiger partial charge on any atom is -0.390 e. The van der Waals surface area contributed by atoms with Gasteiger partial charge >= 0.3 is 0 Å². The van der Waals surface area contributed by atoms with Crippen molar-refractivity contribution in [3.63, 3.8) is 0 Å². The van der Waals surface area contributed by atoms with Crippen LogP contribution in [0, 0.1) is 17.3 Å². The Morgan fingerprint density at radius 2 is 1.86 bits per heavy atom. The summed E-state index contributed by atoms with van der Waals surface area (Å²) in [7, 11) is 0. The molecule has 0 radical (unpaired) electrons. The first-order valence-corrected chi connectivity index (χ1v) is 8.72. The maximum atomic E-state index is 12.1. The second-order valence-electron chi connectivity index (χ2n) is 8.49. The van der Waals surface area contributed by atoms with E-state index in [2.05, 4.69) is 17.6 Å². The van der Waals surface area contributed by atoms with Gasteiger partial charge in [0, 0.05) is 12.1 Å². The molecule has 5 aliphatic rings. The molecule has 5 rings (SSSR count). The summed E-state index contributed by atoms with van der Waals surface area (Å²) in [4.78, 5) is 12.1. The van der Waals surface area contributed by atoms with Gasteiger partial charge in [-0.3, -0.25) is 4.79 Å². The Morgan fingerprint density at radius 1 is 1.23 bits per heavy atom. The van der Waals surface area contributed by atoms with E-state index in [-0.39, 0.29) is 29.8 Å². The number of hydrogen-bond donors (Lipinski definition) is 3. The Morgan fingerprint density at radius 3 is 2.41 bits per heavy atom. The molecule has 3 N–H and O–H groups in total. The van der Waals surface area contributed by atoms with Crippen LogP contribution in [0.15, 0.2) is 0 Å². The molecular formula is C17H29ClN2O2. The van der Waals surface area contributed by atoms with Crippen molar-refractivity contribution < 1.29 is 9.90 Å². The third-order valence-electron chi connectivity index (χ3n) is 6.50. The summed E-state index contributed by atoms with van der Waals surface area (Å²) in [5, 5.41) is 17.3. The molecular weight excluding hydrogens is 300 g/mol. The smallest absolute Gasteiger partial charge is 0.234 e. The number of carbonyl (C=O) groups excluding carboxylic acids is 1. The Labute approximate surface area is 139 Å². The lowest BCUT2D eigenvalue weighted by Gasteiger charge is -2.62. The molecule has 0 spiro atoms. The SMILES string of the molecule is CC(NC(=O)CNC1CC1)C12CC3CC(CC(O)(C3)C1)C2.Cl. The maximum Gasteiger partial charge on any atom is 0.234 e. The first-order valence-electron chi connectivity index (χ1n) is 8.72. The van der Waals surface area contributed by atoms with Gasteiger partial charge in [0.25, 0.3) is 0 Å². The molecule has 0 heterocycles. The fraction of sp³-hybridized carbons (Fsp3) is 0.941. The van der Waals surface area contributed by atoms with E-state index in [0.29, 0.717) is 24.4 Å². The molecule has 3 atom stereocenters. The molecule has 0 aromatic rings. The van der Waals surface area contributed by atoms with E-state index in [1.807, 2.05) is 0 Å². The van der Waals surface area contributed by atoms with Gasteiger partial charge in [0.15, 0.2) is 0 Å². The van der Waals surface area contributed by atoms with Crippen LogP contribution in [0.1, 0.15) is 58.3 Å². The van der Waals surface area contributed by atoms with E-state index in [4.69, 9.17) is 0 Å². The van der Waals surface area contributed by atoms with Crippen LogP contribution in [-0.4, -0.2) is 35.2 Å². The molecule has 4 nitrogen and oxygen atoms in total. The minimum atomic E-state index is -0.435. The van der Waals surface area contributed by atoms with Gasteiger partial charge in [-0.05, 0) is 75.5 Å². The zero-order valence-corrected chi connectivity index (χ0v) is 14.3. The number of rotatable bonds is 5. The van der Waals surface area contributed by atoms with Crippen LogP contribution in [0.5, 0.6) is 0 Å². The van der Waals surface area contributed by atoms with Crippen molar-refractivity contribution in [1.82, 2.24) is 10.6 Å². The topological polar surface area (TPSA) is 61.4 Å². The number of halogens is 1. The highest BCUT2D eigenvalue weighted by atomic mass is 35.5. The van der Waals surface area contributed by atoms with Crippen molar-refractivity contribution >= 4 is 18.3 Å². The summed E-state index contributed by atoms with van der Waals surface area (Å²) in [6.07, 6.45) is 9.00. The molecule has 0 saturated heterocycles. The number of carbonyl (C=O) groups is 1. The van der Waals surface area contributed by atoms with Crippen molar-refractivity contribution in [2.24, 2.45) is 17.3 Å². The molecule has 5 fully saturated rings. The zero-order valence-electron chi connectivity index (χ0n) is 13.4. The molecule has 5 aliphatic carbocycles. The first kappa shape index (κ1) is 16.5. The quantitative estimate of drug-likeness (QED) is 0.723. The summed E-state index contributed by atoms with van der Waals surface area (Å²) >= 11 is 0. The van der Waals surface area contributed by atoms with Crippen molar-refractivity contribution in [1.29, 1.82) is 0 Å². The fourth-order valence-electron chi connectivity index (χ4n) is 5.76. The van der Waals surface area contributed by atoms with E-state index < -0.39 is 5.60 Å². The van der Waals surface area contributed by atoms with Gasteiger partial charge in [-0.1, -0.05) is 0 Å². The lowest BCUT2D eigenvalue weighted by Crippen LogP contribution is -2.62.